The third-order valence-corrected chi connectivity index (χ3v) is 4.82. The fourth-order valence-corrected chi connectivity index (χ4v) is 3.04. The van der Waals surface area contributed by atoms with Crippen LogP contribution in [0, 0.1) is 0 Å². The second-order valence-electron chi connectivity index (χ2n) is 6.36. The van der Waals surface area contributed by atoms with E-state index in [-0.39, 0.29) is 6.04 Å². The number of anilines is 1. The summed E-state index contributed by atoms with van der Waals surface area (Å²) in [7, 11) is 3.31. The van der Waals surface area contributed by atoms with E-state index >= 15 is 0 Å². The molecule has 0 heterocycles. The van der Waals surface area contributed by atoms with E-state index in [0.29, 0.717) is 11.0 Å². The molecule has 0 bridgehead atoms. The minimum absolute atomic E-state index is 0.0283. The van der Waals surface area contributed by atoms with Gasteiger partial charge in [-0.25, -0.2) is 0 Å². The minimum atomic E-state index is -0.0283. The highest BCUT2D eigenvalue weighted by atomic mass is 32.1. The Morgan fingerprint density at radius 3 is 2.31 bits per heavy atom. The lowest BCUT2D eigenvalue weighted by Crippen LogP contribution is -2.31. The number of hydrogen-bond acceptors (Lipinski definition) is 3. The van der Waals surface area contributed by atoms with Gasteiger partial charge in [0, 0.05) is 11.3 Å². The fraction of sp³-hybridized carbons (Fsp3) is 0.381. The quantitative estimate of drug-likeness (QED) is 0.649. The van der Waals surface area contributed by atoms with Crippen LogP contribution in [-0.2, 0) is 0 Å². The molecule has 140 valence electrons. The molecule has 5 heteroatoms. The van der Waals surface area contributed by atoms with Crippen molar-refractivity contribution in [3.63, 3.8) is 0 Å². The number of thiocarbonyl (C=S) groups is 1. The smallest absolute Gasteiger partial charge is 0.171 e. The van der Waals surface area contributed by atoms with Crippen molar-refractivity contribution in [2.75, 3.05) is 19.5 Å². The van der Waals surface area contributed by atoms with Crippen LogP contribution in [-0.4, -0.2) is 19.3 Å². The number of hydrogen-bond donors (Lipinski definition) is 2. The molecule has 2 atom stereocenters. The summed E-state index contributed by atoms with van der Waals surface area (Å²) in [5.41, 5.74) is 3.30. The summed E-state index contributed by atoms with van der Waals surface area (Å²) in [6.07, 6.45) is 1.13. The van der Waals surface area contributed by atoms with Crippen molar-refractivity contribution in [1.82, 2.24) is 5.32 Å². The van der Waals surface area contributed by atoms with Crippen LogP contribution in [0.4, 0.5) is 5.69 Å². The SMILES string of the molecule is CC[C@@H](C)c1ccc(NC(=S)N[C@H](C)c2cc(OC)ccc2OC)cc1. The summed E-state index contributed by atoms with van der Waals surface area (Å²) in [6, 6.07) is 14.1. The van der Waals surface area contributed by atoms with E-state index < -0.39 is 0 Å². The predicted molar refractivity (Wildman–Crippen MR) is 112 cm³/mol. The van der Waals surface area contributed by atoms with Gasteiger partial charge in [-0.05, 0) is 67.4 Å². The highest BCUT2D eigenvalue weighted by Gasteiger charge is 2.14. The van der Waals surface area contributed by atoms with Gasteiger partial charge in [-0.3, -0.25) is 0 Å². The summed E-state index contributed by atoms with van der Waals surface area (Å²) in [6.45, 7) is 6.47. The summed E-state index contributed by atoms with van der Waals surface area (Å²) in [4.78, 5) is 0. The molecule has 0 aliphatic heterocycles. The van der Waals surface area contributed by atoms with Crippen molar-refractivity contribution in [2.45, 2.75) is 39.2 Å². The average Bonchev–Trinajstić information content (AvgIpc) is 2.67. The first-order chi connectivity index (χ1) is 12.5. The van der Waals surface area contributed by atoms with Crippen LogP contribution < -0.4 is 20.1 Å². The Morgan fingerprint density at radius 1 is 1.04 bits per heavy atom. The molecule has 0 saturated carbocycles. The second-order valence-corrected chi connectivity index (χ2v) is 6.77. The Morgan fingerprint density at radius 2 is 1.73 bits per heavy atom. The largest absolute Gasteiger partial charge is 0.497 e. The van der Waals surface area contributed by atoms with Gasteiger partial charge in [-0.1, -0.05) is 26.0 Å². The molecule has 0 unspecified atom stereocenters. The number of ether oxygens (including phenoxy) is 2. The zero-order valence-electron chi connectivity index (χ0n) is 16.1. The van der Waals surface area contributed by atoms with Crippen molar-refractivity contribution >= 4 is 23.0 Å². The molecule has 2 aromatic carbocycles. The molecule has 2 N–H and O–H groups in total. The van der Waals surface area contributed by atoms with Gasteiger partial charge >= 0.3 is 0 Å². The molecule has 0 radical (unpaired) electrons. The van der Waals surface area contributed by atoms with Gasteiger partial charge in [0.15, 0.2) is 5.11 Å². The average molecular weight is 373 g/mol. The molecular formula is C21H28N2O2S. The molecule has 4 nitrogen and oxygen atoms in total. The van der Waals surface area contributed by atoms with Gasteiger partial charge in [-0.15, -0.1) is 0 Å². The lowest BCUT2D eigenvalue weighted by molar-refractivity contribution is 0.395. The molecule has 0 amide bonds. The first-order valence-corrected chi connectivity index (χ1v) is 9.28. The zero-order chi connectivity index (χ0) is 19.1. The maximum Gasteiger partial charge on any atom is 0.171 e. The molecular weight excluding hydrogens is 344 g/mol. The van der Waals surface area contributed by atoms with E-state index in [2.05, 4.69) is 48.7 Å². The van der Waals surface area contributed by atoms with E-state index in [4.69, 9.17) is 21.7 Å². The third kappa shape index (κ3) is 5.11. The molecule has 0 aliphatic carbocycles. The Balaban J connectivity index is 2.03. The molecule has 0 fully saturated rings. The lowest BCUT2D eigenvalue weighted by Gasteiger charge is -2.20. The molecule has 0 aliphatic rings. The second kappa shape index (κ2) is 9.43. The van der Waals surface area contributed by atoms with Crippen LogP contribution in [0.25, 0.3) is 0 Å². The van der Waals surface area contributed by atoms with Crippen LogP contribution in [0.5, 0.6) is 11.5 Å². The Labute approximate surface area is 161 Å². The van der Waals surface area contributed by atoms with Gasteiger partial charge in [0.1, 0.15) is 11.5 Å². The summed E-state index contributed by atoms with van der Waals surface area (Å²) < 4.78 is 10.8. The van der Waals surface area contributed by atoms with Crippen LogP contribution in [0.1, 0.15) is 50.3 Å². The first-order valence-electron chi connectivity index (χ1n) is 8.87. The number of benzene rings is 2. The van der Waals surface area contributed by atoms with Crippen LogP contribution >= 0.6 is 12.2 Å². The van der Waals surface area contributed by atoms with Crippen LogP contribution in [0.2, 0.25) is 0 Å². The van der Waals surface area contributed by atoms with Gasteiger partial charge < -0.3 is 20.1 Å². The standard InChI is InChI=1S/C21H28N2O2S/c1-6-14(2)16-7-9-17(10-8-16)23-21(26)22-15(3)19-13-18(24-4)11-12-20(19)25-5/h7-15H,6H2,1-5H3,(H2,22,23,26)/t14-,15-/m1/s1. The predicted octanol–water partition coefficient (Wildman–Crippen LogP) is 5.26. The van der Waals surface area contributed by atoms with Gasteiger partial charge in [0.05, 0.1) is 20.3 Å². The normalized spacial score (nSPS) is 12.8. The van der Waals surface area contributed by atoms with Crippen molar-refractivity contribution in [3.05, 3.63) is 53.6 Å². The summed E-state index contributed by atoms with van der Waals surface area (Å²) in [5.74, 6) is 2.15. The molecule has 2 rings (SSSR count). The Kier molecular flexibility index (Phi) is 7.27. The number of rotatable bonds is 7. The number of methoxy groups -OCH3 is 2. The molecule has 26 heavy (non-hydrogen) atoms. The minimum Gasteiger partial charge on any atom is -0.497 e. The lowest BCUT2D eigenvalue weighted by atomic mass is 9.99. The third-order valence-electron chi connectivity index (χ3n) is 4.60. The maximum absolute atomic E-state index is 5.47. The number of nitrogens with one attached hydrogen (secondary N) is 2. The van der Waals surface area contributed by atoms with Crippen LogP contribution in [0.3, 0.4) is 0 Å². The Hall–Kier alpha value is -2.27. The zero-order valence-corrected chi connectivity index (χ0v) is 16.9. The van der Waals surface area contributed by atoms with E-state index in [9.17, 15) is 0 Å². The molecule has 0 spiro atoms. The van der Waals surface area contributed by atoms with Gasteiger partial charge in [-0.2, -0.15) is 0 Å². The van der Waals surface area contributed by atoms with Gasteiger partial charge in [0.25, 0.3) is 0 Å². The van der Waals surface area contributed by atoms with E-state index in [1.165, 1.54) is 5.56 Å². The first kappa shape index (κ1) is 20.0. The summed E-state index contributed by atoms with van der Waals surface area (Å²) >= 11 is 5.47. The van der Waals surface area contributed by atoms with Crippen molar-refractivity contribution in [3.8, 4) is 11.5 Å². The maximum atomic E-state index is 5.47. The summed E-state index contributed by atoms with van der Waals surface area (Å²) in [5, 5.41) is 7.11. The van der Waals surface area contributed by atoms with E-state index in [1.54, 1.807) is 14.2 Å². The highest BCUT2D eigenvalue weighted by Crippen LogP contribution is 2.29. The van der Waals surface area contributed by atoms with E-state index in [0.717, 1.165) is 29.2 Å². The van der Waals surface area contributed by atoms with Crippen LogP contribution in [0.15, 0.2) is 42.5 Å². The molecule has 0 saturated heterocycles. The molecule has 2 aromatic rings. The Bertz CT molecular complexity index is 731. The topological polar surface area (TPSA) is 42.5 Å². The van der Waals surface area contributed by atoms with Gasteiger partial charge in [0.2, 0.25) is 0 Å². The molecule has 0 aromatic heterocycles. The fourth-order valence-electron chi connectivity index (χ4n) is 2.75. The van der Waals surface area contributed by atoms with Crippen molar-refractivity contribution in [1.29, 1.82) is 0 Å². The highest BCUT2D eigenvalue weighted by molar-refractivity contribution is 7.80. The van der Waals surface area contributed by atoms with E-state index in [1.807, 2.05) is 25.1 Å². The van der Waals surface area contributed by atoms with Crippen molar-refractivity contribution in [2.24, 2.45) is 0 Å². The van der Waals surface area contributed by atoms with Crippen molar-refractivity contribution < 1.29 is 9.47 Å². The monoisotopic (exact) mass is 372 g/mol.